The molecule has 3 N–H and O–H groups in total. The molecule has 0 amide bonds. The number of rotatable bonds is 2. The Kier molecular flexibility index (Phi) is 2.84. The van der Waals surface area contributed by atoms with Gasteiger partial charge in [-0.05, 0) is 25.8 Å². The molecule has 1 spiro atoms. The molecule has 22 heavy (non-hydrogen) atoms. The SMILES string of the molecule is C=C(N)C(=O)OC12CCNCC1OC(=O)C21CC2CCC1O2. The van der Waals surface area contributed by atoms with E-state index < -0.39 is 23.1 Å². The fourth-order valence-corrected chi connectivity index (χ4v) is 4.70. The van der Waals surface area contributed by atoms with Gasteiger partial charge in [-0.2, -0.15) is 0 Å². The topological polar surface area (TPSA) is 99.9 Å². The van der Waals surface area contributed by atoms with E-state index >= 15 is 0 Å². The van der Waals surface area contributed by atoms with E-state index in [-0.39, 0.29) is 23.9 Å². The van der Waals surface area contributed by atoms with Gasteiger partial charge in [0, 0.05) is 13.0 Å². The van der Waals surface area contributed by atoms with Crippen LogP contribution >= 0.6 is 0 Å². The molecule has 4 saturated heterocycles. The van der Waals surface area contributed by atoms with Gasteiger partial charge < -0.3 is 25.3 Å². The lowest BCUT2D eigenvalue weighted by Gasteiger charge is -2.46. The summed E-state index contributed by atoms with van der Waals surface area (Å²) in [5.74, 6) is -0.976. The third-order valence-corrected chi connectivity index (χ3v) is 5.64. The summed E-state index contributed by atoms with van der Waals surface area (Å²) >= 11 is 0. The van der Waals surface area contributed by atoms with Gasteiger partial charge in [-0.25, -0.2) is 4.79 Å². The van der Waals surface area contributed by atoms with E-state index in [9.17, 15) is 9.59 Å². The first-order valence-electron chi connectivity index (χ1n) is 7.74. The van der Waals surface area contributed by atoms with Crippen LogP contribution in [0.3, 0.4) is 0 Å². The zero-order valence-electron chi connectivity index (χ0n) is 12.3. The van der Waals surface area contributed by atoms with E-state index in [2.05, 4.69) is 11.9 Å². The van der Waals surface area contributed by atoms with Crippen molar-refractivity contribution < 1.29 is 23.8 Å². The monoisotopic (exact) mass is 308 g/mol. The molecule has 0 aliphatic carbocycles. The van der Waals surface area contributed by atoms with E-state index in [1.807, 2.05) is 0 Å². The molecule has 4 heterocycles. The van der Waals surface area contributed by atoms with Crippen molar-refractivity contribution in [2.75, 3.05) is 13.1 Å². The molecular formula is C15H20N2O5. The Hall–Kier alpha value is -1.60. The van der Waals surface area contributed by atoms with E-state index in [4.69, 9.17) is 19.9 Å². The molecule has 4 aliphatic heterocycles. The number of piperidine rings is 1. The van der Waals surface area contributed by atoms with Crippen LogP contribution in [0.2, 0.25) is 0 Å². The van der Waals surface area contributed by atoms with Gasteiger partial charge in [0.2, 0.25) is 0 Å². The van der Waals surface area contributed by atoms with Crippen molar-refractivity contribution in [2.24, 2.45) is 11.1 Å². The maximum Gasteiger partial charge on any atom is 0.354 e. The number of hydrogen-bond donors (Lipinski definition) is 2. The van der Waals surface area contributed by atoms with Crippen molar-refractivity contribution >= 4 is 11.9 Å². The van der Waals surface area contributed by atoms with Gasteiger partial charge in [-0.1, -0.05) is 6.58 Å². The molecule has 5 atom stereocenters. The summed E-state index contributed by atoms with van der Waals surface area (Å²) < 4.78 is 17.3. The van der Waals surface area contributed by atoms with Gasteiger partial charge in [-0.15, -0.1) is 0 Å². The van der Waals surface area contributed by atoms with Gasteiger partial charge in [0.25, 0.3) is 0 Å². The zero-order chi connectivity index (χ0) is 15.5. The molecule has 0 aromatic carbocycles. The summed E-state index contributed by atoms with van der Waals surface area (Å²) in [4.78, 5) is 24.9. The highest BCUT2D eigenvalue weighted by atomic mass is 16.6. The predicted octanol–water partition coefficient (Wildman–Crippen LogP) is -0.403. The number of carbonyl (C=O) groups excluding carboxylic acids is 2. The Labute approximate surface area is 128 Å². The first-order valence-corrected chi connectivity index (χ1v) is 7.74. The third kappa shape index (κ3) is 1.53. The van der Waals surface area contributed by atoms with Crippen LogP contribution in [0.25, 0.3) is 0 Å². The summed E-state index contributed by atoms with van der Waals surface area (Å²) in [6.45, 7) is 4.56. The fourth-order valence-electron chi connectivity index (χ4n) is 4.70. The smallest absolute Gasteiger partial charge is 0.354 e. The van der Waals surface area contributed by atoms with Crippen molar-refractivity contribution in [3.63, 3.8) is 0 Å². The van der Waals surface area contributed by atoms with Crippen LogP contribution < -0.4 is 11.1 Å². The number of nitrogens with two attached hydrogens (primary N) is 1. The quantitative estimate of drug-likeness (QED) is 0.529. The first kappa shape index (κ1) is 14.0. The van der Waals surface area contributed by atoms with Gasteiger partial charge in [0.1, 0.15) is 11.1 Å². The average Bonchev–Trinajstić information content (AvgIpc) is 3.15. The number of carbonyl (C=O) groups is 2. The molecule has 0 aromatic heterocycles. The molecule has 0 saturated carbocycles. The molecule has 5 unspecified atom stereocenters. The lowest BCUT2D eigenvalue weighted by Crippen LogP contribution is -2.64. The minimum absolute atomic E-state index is 0.0443. The zero-order valence-corrected chi connectivity index (χ0v) is 12.3. The van der Waals surface area contributed by atoms with Crippen molar-refractivity contribution in [3.05, 3.63) is 12.3 Å². The Morgan fingerprint density at radius 3 is 2.86 bits per heavy atom. The molecule has 4 aliphatic rings. The molecular weight excluding hydrogens is 288 g/mol. The van der Waals surface area contributed by atoms with Gasteiger partial charge in [0.05, 0.1) is 12.2 Å². The predicted molar refractivity (Wildman–Crippen MR) is 74.5 cm³/mol. The van der Waals surface area contributed by atoms with Crippen molar-refractivity contribution in [3.8, 4) is 0 Å². The largest absolute Gasteiger partial charge is 0.456 e. The Bertz CT molecular complexity index is 564. The Morgan fingerprint density at radius 1 is 1.41 bits per heavy atom. The van der Waals surface area contributed by atoms with Crippen molar-refractivity contribution in [1.29, 1.82) is 0 Å². The normalized spacial score (nSPS) is 45.6. The minimum atomic E-state index is -1.01. The van der Waals surface area contributed by atoms with Crippen molar-refractivity contribution in [2.45, 2.75) is 49.6 Å². The second kappa shape index (κ2) is 4.45. The molecule has 4 fully saturated rings. The number of ether oxygens (including phenoxy) is 3. The van der Waals surface area contributed by atoms with Crippen LogP contribution in [0.15, 0.2) is 12.3 Å². The average molecular weight is 308 g/mol. The highest BCUT2D eigenvalue weighted by molar-refractivity contribution is 5.89. The van der Waals surface area contributed by atoms with Crippen LogP contribution in [-0.4, -0.2) is 48.9 Å². The molecule has 7 nitrogen and oxygen atoms in total. The van der Waals surface area contributed by atoms with E-state index in [0.29, 0.717) is 25.9 Å². The Balaban J connectivity index is 1.79. The summed E-state index contributed by atoms with van der Waals surface area (Å²) in [7, 11) is 0. The molecule has 120 valence electrons. The number of hydrogen-bond acceptors (Lipinski definition) is 7. The molecule has 0 radical (unpaired) electrons. The summed E-state index contributed by atoms with van der Waals surface area (Å²) in [6, 6.07) is 0. The van der Waals surface area contributed by atoms with Crippen LogP contribution in [0.5, 0.6) is 0 Å². The van der Waals surface area contributed by atoms with Gasteiger partial charge >= 0.3 is 11.9 Å². The summed E-state index contributed by atoms with van der Waals surface area (Å²) in [6.07, 6.45) is 2.10. The second-order valence-corrected chi connectivity index (χ2v) is 6.65. The lowest BCUT2D eigenvalue weighted by atomic mass is 9.60. The van der Waals surface area contributed by atoms with Crippen LogP contribution in [0.1, 0.15) is 25.7 Å². The maximum atomic E-state index is 12.7. The van der Waals surface area contributed by atoms with Crippen LogP contribution in [0, 0.1) is 5.41 Å². The summed E-state index contributed by atoms with van der Waals surface area (Å²) in [5.41, 5.74) is 3.43. The first-order chi connectivity index (χ1) is 10.5. The highest BCUT2D eigenvalue weighted by Gasteiger charge is 2.77. The number of esters is 2. The van der Waals surface area contributed by atoms with Gasteiger partial charge in [0.15, 0.2) is 11.7 Å². The van der Waals surface area contributed by atoms with Gasteiger partial charge in [-0.3, -0.25) is 4.79 Å². The van der Waals surface area contributed by atoms with E-state index in [0.717, 1.165) is 12.8 Å². The highest BCUT2D eigenvalue weighted by Crippen LogP contribution is 2.61. The second-order valence-electron chi connectivity index (χ2n) is 6.65. The third-order valence-electron chi connectivity index (χ3n) is 5.64. The van der Waals surface area contributed by atoms with Crippen LogP contribution in [0.4, 0.5) is 0 Å². The maximum absolute atomic E-state index is 12.7. The molecule has 4 rings (SSSR count). The number of nitrogens with one attached hydrogen (secondary N) is 1. The Morgan fingerprint density at radius 2 is 2.23 bits per heavy atom. The number of fused-ring (bicyclic) bond motifs is 5. The molecule has 7 heteroatoms. The van der Waals surface area contributed by atoms with Crippen molar-refractivity contribution in [1.82, 2.24) is 5.32 Å². The minimum Gasteiger partial charge on any atom is -0.456 e. The van der Waals surface area contributed by atoms with E-state index in [1.54, 1.807) is 0 Å². The van der Waals surface area contributed by atoms with E-state index in [1.165, 1.54) is 0 Å². The lowest BCUT2D eigenvalue weighted by molar-refractivity contribution is -0.184. The van der Waals surface area contributed by atoms with Crippen LogP contribution in [-0.2, 0) is 23.8 Å². The molecule has 2 bridgehead atoms. The standard InChI is InChI=1S/C15H20N2O5/c1-8(16)12(18)22-15-4-5-17-7-11(15)21-13(19)14(15)6-9-2-3-10(14)20-9/h9-11,17H,1-7,16H2. The molecule has 0 aromatic rings. The summed E-state index contributed by atoms with van der Waals surface area (Å²) in [5, 5.41) is 3.19. The fraction of sp³-hybridized carbons (Fsp3) is 0.733.